The smallest absolute Gasteiger partial charge is 0.262 e. The SMILES string of the molecule is O=C(c1ccc(NS(=O)(=O)c2ccc3c(c2)OCCO3)cc1)N1CCCCCC1c1ccncc1. The quantitative estimate of drug-likeness (QED) is 0.565. The normalized spacial score (nSPS) is 17.9. The van der Waals surface area contributed by atoms with Crippen LogP contribution in [-0.2, 0) is 10.0 Å². The van der Waals surface area contributed by atoms with E-state index in [0.29, 0.717) is 42.5 Å². The molecule has 1 N–H and O–H groups in total. The third-order valence-electron chi connectivity index (χ3n) is 6.31. The topological polar surface area (TPSA) is 97.8 Å². The van der Waals surface area contributed by atoms with Crippen molar-refractivity contribution in [3.05, 3.63) is 78.1 Å². The number of fused-ring (bicyclic) bond motifs is 1. The van der Waals surface area contributed by atoms with Crippen molar-refractivity contribution in [3.63, 3.8) is 0 Å². The van der Waals surface area contributed by atoms with Crippen LogP contribution < -0.4 is 14.2 Å². The van der Waals surface area contributed by atoms with Crippen molar-refractivity contribution in [3.8, 4) is 11.5 Å². The van der Waals surface area contributed by atoms with Crippen molar-refractivity contribution in [2.24, 2.45) is 0 Å². The van der Waals surface area contributed by atoms with Gasteiger partial charge in [0, 0.05) is 36.3 Å². The number of nitrogens with zero attached hydrogens (tertiary/aromatic N) is 2. The maximum atomic E-state index is 13.4. The average Bonchev–Trinajstić information content (AvgIpc) is 3.15. The Bertz CT molecular complexity index is 1300. The van der Waals surface area contributed by atoms with Gasteiger partial charge in [0.15, 0.2) is 11.5 Å². The molecule has 1 amide bonds. The molecular formula is C26H27N3O5S. The molecule has 9 heteroatoms. The maximum Gasteiger partial charge on any atom is 0.262 e. The summed E-state index contributed by atoms with van der Waals surface area (Å²) in [6, 6.07) is 15.0. The van der Waals surface area contributed by atoms with Gasteiger partial charge in [0.05, 0.1) is 10.9 Å². The highest BCUT2D eigenvalue weighted by atomic mass is 32.2. The minimum Gasteiger partial charge on any atom is -0.486 e. The molecule has 35 heavy (non-hydrogen) atoms. The summed E-state index contributed by atoms with van der Waals surface area (Å²) in [5.74, 6) is 0.868. The maximum absolute atomic E-state index is 13.4. The lowest BCUT2D eigenvalue weighted by molar-refractivity contribution is 0.0681. The van der Waals surface area contributed by atoms with Gasteiger partial charge in [0.1, 0.15) is 13.2 Å². The Labute approximate surface area is 204 Å². The molecule has 1 saturated heterocycles. The fourth-order valence-electron chi connectivity index (χ4n) is 4.54. The van der Waals surface area contributed by atoms with E-state index in [-0.39, 0.29) is 16.8 Å². The predicted octanol–water partition coefficient (Wildman–Crippen LogP) is 4.41. The number of likely N-dealkylation sites (tertiary alicyclic amines) is 1. The average molecular weight is 494 g/mol. The lowest BCUT2D eigenvalue weighted by atomic mass is 10.0. The van der Waals surface area contributed by atoms with Gasteiger partial charge in [-0.1, -0.05) is 12.8 Å². The van der Waals surface area contributed by atoms with Crippen LogP contribution in [0.5, 0.6) is 11.5 Å². The lowest BCUT2D eigenvalue weighted by Crippen LogP contribution is -2.34. The standard InChI is InChI=1S/C26H27N3O5S/c30-26(29-15-3-1-2-4-23(29)19-11-13-27-14-12-19)20-5-7-21(8-6-20)28-35(31,32)22-9-10-24-25(18-22)34-17-16-33-24/h5-14,18,23,28H,1-4,15-17H2. The molecule has 1 unspecified atom stereocenters. The summed E-state index contributed by atoms with van der Waals surface area (Å²) in [6.07, 6.45) is 7.53. The lowest BCUT2D eigenvalue weighted by Gasteiger charge is -2.30. The first-order valence-electron chi connectivity index (χ1n) is 11.7. The minimum absolute atomic E-state index is 0.00128. The number of aromatic nitrogens is 1. The molecule has 2 aliphatic rings. The van der Waals surface area contributed by atoms with E-state index in [1.807, 2.05) is 17.0 Å². The number of benzene rings is 2. The summed E-state index contributed by atoms with van der Waals surface area (Å²) in [7, 11) is -3.84. The molecule has 3 aromatic rings. The molecule has 182 valence electrons. The van der Waals surface area contributed by atoms with Crippen molar-refractivity contribution < 1.29 is 22.7 Å². The summed E-state index contributed by atoms with van der Waals surface area (Å²) in [4.78, 5) is 19.5. The summed E-state index contributed by atoms with van der Waals surface area (Å²) < 4.78 is 39.3. The second-order valence-corrected chi connectivity index (χ2v) is 10.3. The van der Waals surface area contributed by atoms with Gasteiger partial charge in [-0.05, 0) is 66.9 Å². The number of nitrogens with one attached hydrogen (secondary N) is 1. The van der Waals surface area contributed by atoms with E-state index in [4.69, 9.17) is 9.47 Å². The fraction of sp³-hybridized carbons (Fsp3) is 0.308. The van der Waals surface area contributed by atoms with E-state index in [1.54, 1.807) is 42.7 Å². The van der Waals surface area contributed by atoms with E-state index >= 15 is 0 Å². The Morgan fingerprint density at radius 1 is 0.914 bits per heavy atom. The Morgan fingerprint density at radius 2 is 1.66 bits per heavy atom. The molecule has 0 aliphatic carbocycles. The zero-order chi connectivity index (χ0) is 24.3. The van der Waals surface area contributed by atoms with Gasteiger partial charge in [0.25, 0.3) is 15.9 Å². The van der Waals surface area contributed by atoms with E-state index in [1.165, 1.54) is 12.1 Å². The number of sulfonamides is 1. The molecule has 0 saturated carbocycles. The van der Waals surface area contributed by atoms with Crippen LogP contribution in [0.2, 0.25) is 0 Å². The number of hydrogen-bond donors (Lipinski definition) is 1. The molecule has 2 aliphatic heterocycles. The van der Waals surface area contributed by atoms with Crippen molar-refractivity contribution >= 4 is 21.6 Å². The van der Waals surface area contributed by atoms with Crippen LogP contribution in [0.25, 0.3) is 0 Å². The van der Waals surface area contributed by atoms with Crippen LogP contribution in [0.4, 0.5) is 5.69 Å². The van der Waals surface area contributed by atoms with Gasteiger partial charge in [0.2, 0.25) is 0 Å². The highest BCUT2D eigenvalue weighted by molar-refractivity contribution is 7.92. The van der Waals surface area contributed by atoms with Gasteiger partial charge < -0.3 is 14.4 Å². The van der Waals surface area contributed by atoms with Gasteiger partial charge >= 0.3 is 0 Å². The van der Waals surface area contributed by atoms with E-state index in [2.05, 4.69) is 9.71 Å². The van der Waals surface area contributed by atoms with Crippen LogP contribution in [0.3, 0.4) is 0 Å². The molecule has 1 atom stereocenters. The first-order chi connectivity index (χ1) is 17.0. The molecule has 0 spiro atoms. The number of carbonyl (C=O) groups is 1. The Morgan fingerprint density at radius 3 is 2.43 bits per heavy atom. The van der Waals surface area contributed by atoms with Gasteiger partial charge in [-0.15, -0.1) is 0 Å². The first kappa shape index (κ1) is 23.2. The van der Waals surface area contributed by atoms with Crippen LogP contribution in [0.15, 0.2) is 71.9 Å². The summed E-state index contributed by atoms with van der Waals surface area (Å²) in [5, 5.41) is 0. The summed E-state index contributed by atoms with van der Waals surface area (Å²) in [6.45, 7) is 1.49. The summed E-state index contributed by atoms with van der Waals surface area (Å²) >= 11 is 0. The second-order valence-electron chi connectivity index (χ2n) is 8.63. The molecular weight excluding hydrogens is 466 g/mol. The van der Waals surface area contributed by atoms with Gasteiger partial charge in [-0.3, -0.25) is 14.5 Å². The fourth-order valence-corrected chi connectivity index (χ4v) is 5.61. The zero-order valence-corrected chi connectivity index (χ0v) is 20.0. The van der Waals surface area contributed by atoms with Crippen LogP contribution in [0, 0.1) is 0 Å². The number of pyridine rings is 1. The largest absolute Gasteiger partial charge is 0.486 e. The van der Waals surface area contributed by atoms with Crippen molar-refractivity contribution in [1.29, 1.82) is 0 Å². The number of carbonyl (C=O) groups excluding carboxylic acids is 1. The number of rotatable bonds is 5. The van der Waals surface area contributed by atoms with Crippen LogP contribution in [0.1, 0.15) is 47.6 Å². The highest BCUT2D eigenvalue weighted by Gasteiger charge is 2.28. The zero-order valence-electron chi connectivity index (χ0n) is 19.2. The molecule has 1 fully saturated rings. The Balaban J connectivity index is 1.33. The van der Waals surface area contributed by atoms with Crippen molar-refractivity contribution in [2.75, 3.05) is 24.5 Å². The Hall–Kier alpha value is -3.59. The molecule has 2 aromatic carbocycles. The third kappa shape index (κ3) is 5.09. The third-order valence-corrected chi connectivity index (χ3v) is 7.69. The first-order valence-corrected chi connectivity index (χ1v) is 13.2. The molecule has 8 nitrogen and oxygen atoms in total. The molecule has 3 heterocycles. The number of hydrogen-bond acceptors (Lipinski definition) is 6. The number of ether oxygens (including phenoxy) is 2. The molecule has 5 rings (SSSR count). The molecule has 0 bridgehead atoms. The van der Waals surface area contributed by atoms with Crippen molar-refractivity contribution in [2.45, 2.75) is 36.6 Å². The molecule has 1 aromatic heterocycles. The van der Waals surface area contributed by atoms with E-state index < -0.39 is 10.0 Å². The highest BCUT2D eigenvalue weighted by Crippen LogP contribution is 2.33. The monoisotopic (exact) mass is 493 g/mol. The number of anilines is 1. The van der Waals surface area contributed by atoms with E-state index in [0.717, 1.165) is 31.2 Å². The minimum atomic E-state index is -3.84. The summed E-state index contributed by atoms with van der Waals surface area (Å²) in [5.41, 5.74) is 1.98. The van der Waals surface area contributed by atoms with Crippen LogP contribution >= 0.6 is 0 Å². The molecule has 0 radical (unpaired) electrons. The van der Waals surface area contributed by atoms with Crippen LogP contribution in [-0.4, -0.2) is 44.0 Å². The Kier molecular flexibility index (Phi) is 6.59. The second kappa shape index (κ2) is 9.95. The van der Waals surface area contributed by atoms with Crippen molar-refractivity contribution in [1.82, 2.24) is 9.88 Å². The van der Waals surface area contributed by atoms with E-state index in [9.17, 15) is 13.2 Å². The van der Waals surface area contributed by atoms with Gasteiger partial charge in [-0.2, -0.15) is 0 Å². The van der Waals surface area contributed by atoms with Gasteiger partial charge in [-0.25, -0.2) is 8.42 Å². The predicted molar refractivity (Wildman–Crippen MR) is 131 cm³/mol. The number of amides is 1.